The Labute approximate surface area is 203 Å². The summed E-state index contributed by atoms with van der Waals surface area (Å²) in [6.07, 6.45) is 2.55. The Morgan fingerprint density at radius 3 is 2.29 bits per heavy atom. The van der Waals surface area contributed by atoms with E-state index in [4.69, 9.17) is 10.5 Å². The molecule has 1 rings (SSSR count). The summed E-state index contributed by atoms with van der Waals surface area (Å²) in [5.74, 6) is 0.222. The Hall–Kier alpha value is -2.04. The lowest BCUT2D eigenvalue weighted by Gasteiger charge is -2.24. The summed E-state index contributed by atoms with van der Waals surface area (Å²) < 4.78 is 5.32. The second-order valence-electron chi connectivity index (χ2n) is 8.12. The number of unbranched alkanes of at least 4 members (excludes halogenated alkanes) is 1. The third-order valence-corrected chi connectivity index (χ3v) is 4.14. The molecular weight excluding hydrogens is 509 g/mol. The molecule has 8 nitrogen and oxygen atoms in total. The van der Waals surface area contributed by atoms with Crippen LogP contribution in [0.25, 0.3) is 0 Å². The number of guanidine groups is 1. The van der Waals surface area contributed by atoms with Crippen molar-refractivity contribution in [3.8, 4) is 0 Å². The maximum atomic E-state index is 12.0. The van der Waals surface area contributed by atoms with Gasteiger partial charge in [0.1, 0.15) is 5.60 Å². The Morgan fingerprint density at radius 2 is 1.77 bits per heavy atom. The molecule has 1 atom stereocenters. The fourth-order valence-electron chi connectivity index (χ4n) is 2.65. The van der Waals surface area contributed by atoms with Crippen LogP contribution in [0.5, 0.6) is 0 Å². The van der Waals surface area contributed by atoms with Gasteiger partial charge in [0, 0.05) is 24.7 Å². The normalized spacial score (nSPS) is 12.4. The number of rotatable bonds is 10. The van der Waals surface area contributed by atoms with Gasteiger partial charge in [0.05, 0.1) is 6.54 Å². The summed E-state index contributed by atoms with van der Waals surface area (Å²) >= 11 is 0. The largest absolute Gasteiger partial charge is 0.444 e. The first-order valence-corrected chi connectivity index (χ1v) is 10.5. The number of primary amides is 1. The second kappa shape index (κ2) is 14.9. The van der Waals surface area contributed by atoms with Crippen LogP contribution in [0.3, 0.4) is 0 Å². The molecule has 0 spiro atoms. The zero-order valence-corrected chi connectivity index (χ0v) is 21.6. The first-order valence-electron chi connectivity index (χ1n) is 10.5. The summed E-state index contributed by atoms with van der Waals surface area (Å²) in [5.41, 5.74) is 6.19. The average Bonchev–Trinajstić information content (AvgIpc) is 2.67. The first kappa shape index (κ1) is 29.0. The number of benzene rings is 1. The molecule has 0 saturated carbocycles. The van der Waals surface area contributed by atoms with Crippen LogP contribution in [0.15, 0.2) is 29.3 Å². The molecule has 0 fully saturated rings. The summed E-state index contributed by atoms with van der Waals surface area (Å²) in [4.78, 5) is 27.8. The van der Waals surface area contributed by atoms with Crippen molar-refractivity contribution in [2.24, 2.45) is 10.7 Å². The van der Waals surface area contributed by atoms with Crippen molar-refractivity contribution < 1.29 is 14.3 Å². The van der Waals surface area contributed by atoms with Crippen molar-refractivity contribution >= 4 is 41.9 Å². The molecule has 176 valence electrons. The zero-order chi connectivity index (χ0) is 22.6. The predicted octanol–water partition coefficient (Wildman–Crippen LogP) is 3.54. The molecule has 1 aromatic carbocycles. The van der Waals surface area contributed by atoms with E-state index < -0.39 is 17.6 Å². The van der Waals surface area contributed by atoms with Crippen LogP contribution in [-0.4, -0.2) is 42.7 Å². The number of hydrogen-bond donors (Lipinski definition) is 4. The molecule has 0 heterocycles. The number of hydrogen-bond acceptors (Lipinski definition) is 4. The van der Waals surface area contributed by atoms with Crippen LogP contribution >= 0.6 is 24.0 Å². The van der Waals surface area contributed by atoms with Gasteiger partial charge in [-0.15, -0.1) is 24.0 Å². The van der Waals surface area contributed by atoms with Gasteiger partial charge < -0.3 is 26.4 Å². The van der Waals surface area contributed by atoms with Gasteiger partial charge in [-0.3, -0.25) is 4.79 Å². The van der Waals surface area contributed by atoms with Gasteiger partial charge >= 0.3 is 6.09 Å². The second-order valence-corrected chi connectivity index (χ2v) is 8.12. The summed E-state index contributed by atoms with van der Waals surface area (Å²) in [6, 6.07) is 7.09. The van der Waals surface area contributed by atoms with E-state index in [1.54, 1.807) is 12.1 Å². The maximum Gasteiger partial charge on any atom is 0.407 e. The SMILES string of the molecule is CCCCC(CNC(=O)OC(C)(C)C)NC(=NCc1ccc(C(N)=O)cc1)NCC.I. The Balaban J connectivity index is 0.00000900. The molecule has 0 aliphatic heterocycles. The zero-order valence-electron chi connectivity index (χ0n) is 19.3. The lowest BCUT2D eigenvalue weighted by molar-refractivity contribution is 0.0522. The van der Waals surface area contributed by atoms with Crippen molar-refractivity contribution in [3.63, 3.8) is 0 Å². The standard InChI is InChI=1S/C22H37N5O3.HI/c1-6-8-9-18(15-26-21(29)30-22(3,4)5)27-20(24-7-2)25-14-16-10-12-17(13-11-16)19(23)28;/h10-13,18H,6-9,14-15H2,1-5H3,(H2,23,28)(H,26,29)(H2,24,25,27);1H. The fourth-order valence-corrected chi connectivity index (χ4v) is 2.65. The third-order valence-electron chi connectivity index (χ3n) is 4.14. The van der Waals surface area contributed by atoms with Gasteiger partial charge in [0.15, 0.2) is 5.96 Å². The molecule has 2 amide bonds. The molecule has 1 aromatic rings. The summed E-state index contributed by atoms with van der Waals surface area (Å²) in [7, 11) is 0. The lowest BCUT2D eigenvalue weighted by Crippen LogP contribution is -2.49. The van der Waals surface area contributed by atoms with Gasteiger partial charge in [-0.05, 0) is 51.8 Å². The van der Waals surface area contributed by atoms with Crippen LogP contribution in [0.2, 0.25) is 0 Å². The Morgan fingerprint density at radius 1 is 1.13 bits per heavy atom. The number of nitrogens with zero attached hydrogens (tertiary/aromatic N) is 1. The molecule has 31 heavy (non-hydrogen) atoms. The predicted molar refractivity (Wildman–Crippen MR) is 136 cm³/mol. The number of carbonyl (C=O) groups excluding carboxylic acids is 2. The van der Waals surface area contributed by atoms with Crippen LogP contribution in [0.1, 0.15) is 69.8 Å². The van der Waals surface area contributed by atoms with E-state index in [-0.39, 0.29) is 30.0 Å². The van der Waals surface area contributed by atoms with Crippen LogP contribution in [-0.2, 0) is 11.3 Å². The lowest BCUT2D eigenvalue weighted by atomic mass is 10.1. The van der Waals surface area contributed by atoms with E-state index in [2.05, 4.69) is 27.9 Å². The number of carbonyl (C=O) groups is 2. The quantitative estimate of drug-likeness (QED) is 0.203. The van der Waals surface area contributed by atoms with Gasteiger partial charge in [0.25, 0.3) is 0 Å². The fraction of sp³-hybridized carbons (Fsp3) is 0.591. The summed E-state index contributed by atoms with van der Waals surface area (Å²) in [5, 5.41) is 9.47. The van der Waals surface area contributed by atoms with E-state index in [0.29, 0.717) is 31.2 Å². The number of alkyl carbamates (subject to hydrolysis) is 1. The van der Waals surface area contributed by atoms with Gasteiger partial charge in [-0.1, -0.05) is 31.9 Å². The number of nitrogens with one attached hydrogen (secondary N) is 3. The van der Waals surface area contributed by atoms with Gasteiger partial charge in [-0.25, -0.2) is 9.79 Å². The smallest absolute Gasteiger partial charge is 0.407 e. The molecule has 9 heteroatoms. The molecule has 0 bridgehead atoms. The molecule has 5 N–H and O–H groups in total. The van der Waals surface area contributed by atoms with Crippen molar-refractivity contribution in [3.05, 3.63) is 35.4 Å². The molecular formula is C22H38IN5O3. The summed E-state index contributed by atoms with van der Waals surface area (Å²) in [6.45, 7) is 11.3. The average molecular weight is 547 g/mol. The maximum absolute atomic E-state index is 12.0. The highest BCUT2D eigenvalue weighted by Crippen LogP contribution is 2.08. The molecule has 1 unspecified atom stereocenters. The van der Waals surface area contributed by atoms with E-state index in [0.717, 1.165) is 24.8 Å². The molecule has 0 aliphatic rings. The van der Waals surface area contributed by atoms with E-state index in [1.807, 2.05) is 39.8 Å². The van der Waals surface area contributed by atoms with Crippen LogP contribution in [0.4, 0.5) is 4.79 Å². The van der Waals surface area contributed by atoms with Crippen LogP contribution in [0, 0.1) is 0 Å². The van der Waals surface area contributed by atoms with E-state index in [9.17, 15) is 9.59 Å². The molecule has 0 radical (unpaired) electrons. The Bertz CT molecular complexity index is 702. The minimum atomic E-state index is -0.531. The van der Waals surface area contributed by atoms with Crippen molar-refractivity contribution in [2.45, 2.75) is 72.1 Å². The van der Waals surface area contributed by atoms with Crippen molar-refractivity contribution in [1.29, 1.82) is 0 Å². The number of amides is 2. The topological polar surface area (TPSA) is 118 Å². The van der Waals surface area contributed by atoms with E-state index in [1.165, 1.54) is 0 Å². The molecule has 0 aromatic heterocycles. The van der Waals surface area contributed by atoms with E-state index >= 15 is 0 Å². The van der Waals surface area contributed by atoms with Crippen molar-refractivity contribution in [1.82, 2.24) is 16.0 Å². The minimum Gasteiger partial charge on any atom is -0.444 e. The van der Waals surface area contributed by atoms with Gasteiger partial charge in [-0.2, -0.15) is 0 Å². The van der Waals surface area contributed by atoms with Gasteiger partial charge in [0.2, 0.25) is 5.91 Å². The third kappa shape index (κ3) is 13.1. The van der Waals surface area contributed by atoms with Crippen molar-refractivity contribution in [2.75, 3.05) is 13.1 Å². The number of nitrogens with two attached hydrogens (primary N) is 1. The van der Waals surface area contributed by atoms with Crippen LogP contribution < -0.4 is 21.7 Å². The number of halogens is 1. The number of ether oxygens (including phenoxy) is 1. The number of aliphatic imine (C=N–C) groups is 1. The first-order chi connectivity index (χ1) is 14.1. The Kier molecular flexibility index (Phi) is 13.9. The molecule has 0 aliphatic carbocycles. The highest BCUT2D eigenvalue weighted by Gasteiger charge is 2.18. The molecule has 0 saturated heterocycles. The highest BCUT2D eigenvalue weighted by atomic mass is 127. The minimum absolute atomic E-state index is 0. The highest BCUT2D eigenvalue weighted by molar-refractivity contribution is 14.0. The monoisotopic (exact) mass is 547 g/mol.